The summed E-state index contributed by atoms with van der Waals surface area (Å²) in [6.45, 7) is 1.93. The Bertz CT molecular complexity index is 612. The highest BCUT2D eigenvalue weighted by molar-refractivity contribution is 6.07. The third kappa shape index (κ3) is 3.10. The smallest absolute Gasteiger partial charge is 0.186 e. The number of methoxy groups -OCH3 is 1. The molecule has 0 fully saturated rings. The molecular formula is C17H16O2. The predicted octanol–water partition coefficient (Wildman–Crippen LogP) is 3.90. The lowest BCUT2D eigenvalue weighted by molar-refractivity contribution is 0.104. The van der Waals surface area contributed by atoms with Crippen LogP contribution >= 0.6 is 0 Å². The van der Waals surface area contributed by atoms with Gasteiger partial charge < -0.3 is 4.74 Å². The number of para-hydroxylation sites is 1. The summed E-state index contributed by atoms with van der Waals surface area (Å²) in [6.07, 6.45) is 3.37. The zero-order valence-corrected chi connectivity index (χ0v) is 11.1. The predicted molar refractivity (Wildman–Crippen MR) is 77.5 cm³/mol. The van der Waals surface area contributed by atoms with Crippen LogP contribution in [0.25, 0.3) is 6.08 Å². The lowest BCUT2D eigenvalue weighted by Gasteiger charge is -2.04. The van der Waals surface area contributed by atoms with Crippen LogP contribution in [0, 0.1) is 6.92 Å². The summed E-state index contributed by atoms with van der Waals surface area (Å²) >= 11 is 0. The molecule has 0 N–H and O–H groups in total. The zero-order valence-electron chi connectivity index (χ0n) is 11.1. The van der Waals surface area contributed by atoms with Crippen molar-refractivity contribution < 1.29 is 9.53 Å². The summed E-state index contributed by atoms with van der Waals surface area (Å²) < 4.78 is 5.24. The van der Waals surface area contributed by atoms with Gasteiger partial charge in [0.2, 0.25) is 0 Å². The first-order valence-electron chi connectivity index (χ1n) is 6.13. The van der Waals surface area contributed by atoms with Gasteiger partial charge in [0.25, 0.3) is 0 Å². The molecule has 0 saturated carbocycles. The van der Waals surface area contributed by atoms with Gasteiger partial charge in [-0.25, -0.2) is 0 Å². The number of allylic oxidation sites excluding steroid dienone is 1. The second-order valence-electron chi connectivity index (χ2n) is 4.25. The largest absolute Gasteiger partial charge is 0.496 e. The quantitative estimate of drug-likeness (QED) is 0.609. The maximum Gasteiger partial charge on any atom is 0.186 e. The van der Waals surface area contributed by atoms with Gasteiger partial charge in [0, 0.05) is 11.1 Å². The lowest BCUT2D eigenvalue weighted by Crippen LogP contribution is -1.97. The fourth-order valence-electron chi connectivity index (χ4n) is 1.91. The Hall–Kier alpha value is -2.35. The molecule has 0 aliphatic carbocycles. The number of ketones is 1. The van der Waals surface area contributed by atoms with Crippen molar-refractivity contribution >= 4 is 11.9 Å². The van der Waals surface area contributed by atoms with Gasteiger partial charge in [-0.05, 0) is 30.7 Å². The number of hydrogen-bond donors (Lipinski definition) is 0. The SMILES string of the molecule is COc1ccccc1/C=C/C(=O)c1ccccc1C. The molecule has 0 bridgehead atoms. The number of carbonyl (C=O) groups excluding carboxylic acids is 1. The molecule has 0 unspecified atom stereocenters. The molecule has 96 valence electrons. The molecule has 2 aromatic rings. The van der Waals surface area contributed by atoms with Gasteiger partial charge in [0.1, 0.15) is 5.75 Å². The highest BCUT2D eigenvalue weighted by Crippen LogP contribution is 2.19. The van der Waals surface area contributed by atoms with Crippen LogP contribution in [-0.2, 0) is 0 Å². The van der Waals surface area contributed by atoms with Crippen molar-refractivity contribution in [2.75, 3.05) is 7.11 Å². The standard InChI is InChI=1S/C17H16O2/c1-13-7-3-5-9-15(13)16(18)12-11-14-8-4-6-10-17(14)19-2/h3-12H,1-2H3/b12-11+. The topological polar surface area (TPSA) is 26.3 Å². The van der Waals surface area contributed by atoms with Crippen LogP contribution < -0.4 is 4.74 Å². The first-order chi connectivity index (χ1) is 9.22. The average Bonchev–Trinajstić information content (AvgIpc) is 2.45. The second-order valence-corrected chi connectivity index (χ2v) is 4.25. The van der Waals surface area contributed by atoms with Gasteiger partial charge >= 0.3 is 0 Å². The monoisotopic (exact) mass is 252 g/mol. The van der Waals surface area contributed by atoms with Crippen LogP contribution in [0.3, 0.4) is 0 Å². The molecule has 0 aliphatic rings. The van der Waals surface area contributed by atoms with Crippen LogP contribution in [0.15, 0.2) is 54.6 Å². The molecule has 2 rings (SSSR count). The Morgan fingerprint density at radius 3 is 2.47 bits per heavy atom. The van der Waals surface area contributed by atoms with E-state index in [9.17, 15) is 4.79 Å². The maximum atomic E-state index is 12.1. The molecule has 0 aliphatic heterocycles. The Kier molecular flexibility index (Phi) is 4.14. The molecule has 0 spiro atoms. The van der Waals surface area contributed by atoms with Crippen molar-refractivity contribution in [2.45, 2.75) is 6.92 Å². The van der Waals surface area contributed by atoms with E-state index < -0.39 is 0 Å². The molecule has 2 heteroatoms. The summed E-state index contributed by atoms with van der Waals surface area (Å²) in [5.74, 6) is 0.764. The van der Waals surface area contributed by atoms with E-state index in [4.69, 9.17) is 4.74 Å². The highest BCUT2D eigenvalue weighted by Gasteiger charge is 2.05. The zero-order chi connectivity index (χ0) is 13.7. The van der Waals surface area contributed by atoms with Gasteiger partial charge in [-0.1, -0.05) is 42.5 Å². The Morgan fingerprint density at radius 1 is 1.05 bits per heavy atom. The number of carbonyl (C=O) groups is 1. The van der Waals surface area contributed by atoms with E-state index in [-0.39, 0.29) is 5.78 Å². The van der Waals surface area contributed by atoms with Gasteiger partial charge in [-0.2, -0.15) is 0 Å². The number of hydrogen-bond acceptors (Lipinski definition) is 2. The minimum atomic E-state index is 0.00371. The van der Waals surface area contributed by atoms with Crippen LogP contribution in [-0.4, -0.2) is 12.9 Å². The van der Waals surface area contributed by atoms with Crippen LogP contribution in [0.2, 0.25) is 0 Å². The molecule has 0 amide bonds. The van der Waals surface area contributed by atoms with E-state index >= 15 is 0 Å². The van der Waals surface area contributed by atoms with Crippen molar-refractivity contribution in [2.24, 2.45) is 0 Å². The van der Waals surface area contributed by atoms with Crippen molar-refractivity contribution in [3.63, 3.8) is 0 Å². The van der Waals surface area contributed by atoms with Crippen LogP contribution in [0.5, 0.6) is 5.75 Å². The summed E-state index contributed by atoms with van der Waals surface area (Å²) in [7, 11) is 1.62. The molecule has 0 radical (unpaired) electrons. The first kappa shape index (κ1) is 13.1. The maximum absolute atomic E-state index is 12.1. The van der Waals surface area contributed by atoms with Crippen molar-refractivity contribution in [1.29, 1.82) is 0 Å². The summed E-state index contributed by atoms with van der Waals surface area (Å²) in [6, 6.07) is 15.2. The van der Waals surface area contributed by atoms with Gasteiger partial charge in [0.15, 0.2) is 5.78 Å². The fraction of sp³-hybridized carbons (Fsp3) is 0.118. The Balaban J connectivity index is 2.24. The Morgan fingerprint density at radius 2 is 1.74 bits per heavy atom. The van der Waals surface area contributed by atoms with E-state index in [1.807, 2.05) is 55.5 Å². The van der Waals surface area contributed by atoms with E-state index in [1.54, 1.807) is 19.3 Å². The number of aryl methyl sites for hydroxylation is 1. The molecule has 0 heterocycles. The third-order valence-corrected chi connectivity index (χ3v) is 2.96. The van der Waals surface area contributed by atoms with Crippen LogP contribution in [0.1, 0.15) is 21.5 Å². The summed E-state index contributed by atoms with van der Waals surface area (Å²) in [5.41, 5.74) is 2.61. The molecule has 0 aromatic heterocycles. The summed E-state index contributed by atoms with van der Waals surface area (Å²) in [5, 5.41) is 0. The normalized spacial score (nSPS) is 10.6. The van der Waals surface area contributed by atoms with E-state index in [2.05, 4.69) is 0 Å². The van der Waals surface area contributed by atoms with Gasteiger partial charge in [-0.3, -0.25) is 4.79 Å². The third-order valence-electron chi connectivity index (χ3n) is 2.96. The van der Waals surface area contributed by atoms with Gasteiger partial charge in [0.05, 0.1) is 7.11 Å². The second kappa shape index (κ2) is 6.01. The highest BCUT2D eigenvalue weighted by atomic mass is 16.5. The van der Waals surface area contributed by atoms with E-state index in [1.165, 1.54) is 0 Å². The minimum Gasteiger partial charge on any atom is -0.496 e. The molecule has 2 nitrogen and oxygen atoms in total. The van der Waals surface area contributed by atoms with Crippen molar-refractivity contribution in [1.82, 2.24) is 0 Å². The molecule has 2 aromatic carbocycles. The Labute approximate surface area is 113 Å². The molecular weight excluding hydrogens is 236 g/mol. The summed E-state index contributed by atoms with van der Waals surface area (Å²) in [4.78, 5) is 12.1. The first-order valence-corrected chi connectivity index (χ1v) is 6.13. The number of ether oxygens (including phenoxy) is 1. The average molecular weight is 252 g/mol. The molecule has 0 atom stereocenters. The molecule has 0 saturated heterocycles. The molecule has 19 heavy (non-hydrogen) atoms. The van der Waals surface area contributed by atoms with E-state index in [0.29, 0.717) is 0 Å². The van der Waals surface area contributed by atoms with E-state index in [0.717, 1.165) is 22.4 Å². The number of rotatable bonds is 4. The fourth-order valence-corrected chi connectivity index (χ4v) is 1.91. The van der Waals surface area contributed by atoms with Crippen molar-refractivity contribution in [3.05, 3.63) is 71.3 Å². The van der Waals surface area contributed by atoms with Crippen molar-refractivity contribution in [3.8, 4) is 5.75 Å². The lowest BCUT2D eigenvalue weighted by atomic mass is 10.0. The minimum absolute atomic E-state index is 0.00371. The van der Waals surface area contributed by atoms with Gasteiger partial charge in [-0.15, -0.1) is 0 Å². The van der Waals surface area contributed by atoms with Crippen LogP contribution in [0.4, 0.5) is 0 Å². The number of benzene rings is 2.